The molecule has 1 fully saturated rings. The molecule has 7 heteroatoms. The number of likely N-dealkylation sites (N-methyl/N-ethyl adjacent to an activating group) is 1. The minimum absolute atomic E-state index is 0.186. The van der Waals surface area contributed by atoms with Crippen molar-refractivity contribution < 1.29 is 14.3 Å². The quantitative estimate of drug-likeness (QED) is 0.769. The number of benzene rings is 1. The number of hydrogen-bond acceptors (Lipinski definition) is 5. The monoisotopic (exact) mass is 334 g/mol. The van der Waals surface area contributed by atoms with Crippen molar-refractivity contribution in [2.75, 3.05) is 58.8 Å². The van der Waals surface area contributed by atoms with Crippen molar-refractivity contribution in [1.29, 1.82) is 0 Å². The Morgan fingerprint density at radius 2 is 1.96 bits per heavy atom. The SMILES string of the molecule is COc1cc2c(cc1OCCCN1CCN(C)CC1)NC(=O)NC2. The van der Waals surface area contributed by atoms with Crippen LogP contribution in [0.1, 0.15) is 12.0 Å². The van der Waals surface area contributed by atoms with Crippen molar-refractivity contribution >= 4 is 11.7 Å². The molecule has 0 bridgehead atoms. The lowest BCUT2D eigenvalue weighted by molar-refractivity contribution is 0.145. The van der Waals surface area contributed by atoms with Gasteiger partial charge in [-0.25, -0.2) is 4.79 Å². The molecule has 0 unspecified atom stereocenters. The van der Waals surface area contributed by atoms with Gasteiger partial charge in [0.05, 0.1) is 19.4 Å². The van der Waals surface area contributed by atoms with Crippen LogP contribution in [0.5, 0.6) is 11.5 Å². The fourth-order valence-electron chi connectivity index (χ4n) is 3.02. The van der Waals surface area contributed by atoms with E-state index in [1.54, 1.807) is 7.11 Å². The van der Waals surface area contributed by atoms with Crippen LogP contribution >= 0.6 is 0 Å². The number of rotatable bonds is 6. The highest BCUT2D eigenvalue weighted by molar-refractivity contribution is 5.92. The second-order valence-electron chi connectivity index (χ2n) is 6.31. The highest BCUT2D eigenvalue weighted by Gasteiger charge is 2.18. The average Bonchev–Trinajstić information content (AvgIpc) is 2.59. The number of ether oxygens (including phenoxy) is 2. The first-order valence-electron chi connectivity index (χ1n) is 8.45. The zero-order valence-corrected chi connectivity index (χ0v) is 14.4. The van der Waals surface area contributed by atoms with E-state index >= 15 is 0 Å². The Balaban J connectivity index is 1.52. The number of hydrogen-bond donors (Lipinski definition) is 2. The minimum Gasteiger partial charge on any atom is -0.493 e. The Morgan fingerprint density at radius 3 is 2.71 bits per heavy atom. The fourth-order valence-corrected chi connectivity index (χ4v) is 3.02. The van der Waals surface area contributed by atoms with E-state index in [4.69, 9.17) is 9.47 Å². The number of piperazine rings is 1. The van der Waals surface area contributed by atoms with E-state index in [1.165, 1.54) is 0 Å². The molecule has 2 N–H and O–H groups in total. The number of anilines is 1. The van der Waals surface area contributed by atoms with Gasteiger partial charge in [0.2, 0.25) is 0 Å². The molecule has 0 saturated carbocycles. The van der Waals surface area contributed by atoms with Gasteiger partial charge in [-0.2, -0.15) is 0 Å². The van der Waals surface area contributed by atoms with Gasteiger partial charge in [-0.05, 0) is 25.1 Å². The van der Waals surface area contributed by atoms with Gasteiger partial charge in [-0.3, -0.25) is 0 Å². The third-order valence-electron chi connectivity index (χ3n) is 4.55. The van der Waals surface area contributed by atoms with E-state index in [-0.39, 0.29) is 6.03 Å². The lowest BCUT2D eigenvalue weighted by atomic mass is 10.1. The first-order chi connectivity index (χ1) is 11.7. The summed E-state index contributed by atoms with van der Waals surface area (Å²) < 4.78 is 11.3. The van der Waals surface area contributed by atoms with Crippen LogP contribution in [0.25, 0.3) is 0 Å². The summed E-state index contributed by atoms with van der Waals surface area (Å²) in [5.41, 5.74) is 1.78. The van der Waals surface area contributed by atoms with Crippen LogP contribution in [0.2, 0.25) is 0 Å². The number of amides is 2. The summed E-state index contributed by atoms with van der Waals surface area (Å²) in [6, 6.07) is 3.58. The average molecular weight is 334 g/mol. The van der Waals surface area contributed by atoms with Gasteiger partial charge in [-0.1, -0.05) is 0 Å². The molecule has 0 atom stereocenters. The molecule has 2 heterocycles. The molecular formula is C17H26N4O3. The molecule has 1 saturated heterocycles. The van der Waals surface area contributed by atoms with E-state index in [2.05, 4.69) is 27.5 Å². The van der Waals surface area contributed by atoms with Crippen LogP contribution in [0, 0.1) is 0 Å². The summed E-state index contributed by atoms with van der Waals surface area (Å²) in [5.74, 6) is 1.38. The summed E-state index contributed by atoms with van der Waals surface area (Å²) >= 11 is 0. The maximum atomic E-state index is 11.4. The van der Waals surface area contributed by atoms with Crippen molar-refractivity contribution in [3.63, 3.8) is 0 Å². The molecule has 2 aliphatic heterocycles. The summed E-state index contributed by atoms with van der Waals surface area (Å²) in [7, 11) is 3.80. The zero-order valence-electron chi connectivity index (χ0n) is 14.4. The molecule has 24 heavy (non-hydrogen) atoms. The lowest BCUT2D eigenvalue weighted by Gasteiger charge is -2.32. The molecule has 3 rings (SSSR count). The van der Waals surface area contributed by atoms with Gasteiger partial charge < -0.3 is 29.9 Å². The number of urea groups is 1. The van der Waals surface area contributed by atoms with Crippen LogP contribution in [0.15, 0.2) is 12.1 Å². The number of fused-ring (bicyclic) bond motifs is 1. The summed E-state index contributed by atoms with van der Waals surface area (Å²) in [4.78, 5) is 16.3. The molecule has 0 radical (unpaired) electrons. The minimum atomic E-state index is -0.186. The van der Waals surface area contributed by atoms with Gasteiger partial charge in [0.1, 0.15) is 0 Å². The van der Waals surface area contributed by atoms with Gasteiger partial charge in [0.15, 0.2) is 11.5 Å². The normalized spacial score (nSPS) is 18.5. The lowest BCUT2D eigenvalue weighted by Crippen LogP contribution is -2.44. The first-order valence-corrected chi connectivity index (χ1v) is 8.45. The van der Waals surface area contributed by atoms with Crippen LogP contribution in [0.4, 0.5) is 10.5 Å². The molecular weight excluding hydrogens is 308 g/mol. The number of carbonyl (C=O) groups excluding carboxylic acids is 1. The molecule has 0 aromatic heterocycles. The third-order valence-corrected chi connectivity index (χ3v) is 4.55. The van der Waals surface area contributed by atoms with Crippen molar-refractivity contribution in [1.82, 2.24) is 15.1 Å². The van der Waals surface area contributed by atoms with Gasteiger partial charge in [0.25, 0.3) is 0 Å². The molecule has 7 nitrogen and oxygen atoms in total. The highest BCUT2D eigenvalue weighted by atomic mass is 16.5. The predicted octanol–water partition coefficient (Wildman–Crippen LogP) is 1.35. The van der Waals surface area contributed by atoms with Crippen LogP contribution in [0.3, 0.4) is 0 Å². The Morgan fingerprint density at radius 1 is 1.17 bits per heavy atom. The standard InChI is InChI=1S/C17H26N4O3/c1-20-5-7-21(8-6-20)4-3-9-24-16-11-14-13(10-15(16)23-2)12-18-17(22)19-14/h10-11H,3-9,12H2,1-2H3,(H2,18,19,22). The van der Waals surface area contributed by atoms with Gasteiger partial charge in [0, 0.05) is 45.3 Å². The van der Waals surface area contributed by atoms with Crippen molar-refractivity contribution in [2.45, 2.75) is 13.0 Å². The van der Waals surface area contributed by atoms with Crippen molar-refractivity contribution in [3.8, 4) is 11.5 Å². The van der Waals surface area contributed by atoms with Crippen LogP contribution < -0.4 is 20.1 Å². The van der Waals surface area contributed by atoms with Crippen molar-refractivity contribution in [3.05, 3.63) is 17.7 Å². The zero-order chi connectivity index (χ0) is 16.9. The first kappa shape index (κ1) is 16.9. The number of nitrogens with zero attached hydrogens (tertiary/aromatic N) is 2. The van der Waals surface area contributed by atoms with E-state index in [0.29, 0.717) is 24.7 Å². The number of nitrogens with one attached hydrogen (secondary N) is 2. The highest BCUT2D eigenvalue weighted by Crippen LogP contribution is 2.34. The second-order valence-corrected chi connectivity index (χ2v) is 6.31. The van der Waals surface area contributed by atoms with Gasteiger partial charge >= 0.3 is 6.03 Å². The smallest absolute Gasteiger partial charge is 0.319 e. The Labute approximate surface area is 142 Å². The van der Waals surface area contributed by atoms with E-state index in [9.17, 15) is 4.79 Å². The van der Waals surface area contributed by atoms with E-state index in [1.807, 2.05) is 12.1 Å². The molecule has 1 aromatic carbocycles. The van der Waals surface area contributed by atoms with Gasteiger partial charge in [-0.15, -0.1) is 0 Å². The van der Waals surface area contributed by atoms with Crippen LogP contribution in [-0.4, -0.2) is 69.3 Å². The maximum Gasteiger partial charge on any atom is 0.319 e. The molecule has 2 amide bonds. The molecule has 132 valence electrons. The van der Waals surface area contributed by atoms with Crippen molar-refractivity contribution in [2.24, 2.45) is 0 Å². The number of carbonyl (C=O) groups is 1. The topological polar surface area (TPSA) is 66.1 Å². The number of methoxy groups -OCH3 is 1. The largest absolute Gasteiger partial charge is 0.493 e. The molecule has 2 aliphatic rings. The second kappa shape index (κ2) is 7.72. The fraction of sp³-hybridized carbons (Fsp3) is 0.588. The van der Waals surface area contributed by atoms with Crippen LogP contribution in [-0.2, 0) is 6.54 Å². The summed E-state index contributed by atoms with van der Waals surface area (Å²) in [5, 5.41) is 5.54. The summed E-state index contributed by atoms with van der Waals surface area (Å²) in [6.45, 7) is 6.69. The van der Waals surface area contributed by atoms with E-state index < -0.39 is 0 Å². The third kappa shape index (κ3) is 4.10. The molecule has 0 spiro atoms. The van der Waals surface area contributed by atoms with E-state index in [0.717, 1.165) is 50.4 Å². The molecule has 1 aromatic rings. The Hall–Kier alpha value is -1.99. The predicted molar refractivity (Wildman–Crippen MR) is 92.9 cm³/mol. The Bertz CT molecular complexity index is 585. The summed E-state index contributed by atoms with van der Waals surface area (Å²) in [6.07, 6.45) is 0.970. The maximum absolute atomic E-state index is 11.4. The Kier molecular flexibility index (Phi) is 5.42. The molecule has 0 aliphatic carbocycles.